The van der Waals surface area contributed by atoms with Crippen LogP contribution in [0, 0.1) is 11.8 Å². The smallest absolute Gasteiger partial charge is 0.255 e. The Hall–Kier alpha value is -4.71. The van der Waals surface area contributed by atoms with E-state index in [-0.39, 0.29) is 17.0 Å². The monoisotopic (exact) mass is 669 g/mol. The van der Waals surface area contributed by atoms with Gasteiger partial charge in [-0.05, 0) is 73.2 Å². The molecule has 2 aromatic carbocycles. The van der Waals surface area contributed by atoms with Gasteiger partial charge in [0.25, 0.3) is 5.91 Å². The summed E-state index contributed by atoms with van der Waals surface area (Å²) in [5, 5.41) is 61.2. The Morgan fingerprint density at radius 2 is 1.71 bits per heavy atom. The first-order valence-electron chi connectivity index (χ1n) is 16.7. The van der Waals surface area contributed by atoms with Crippen molar-refractivity contribution in [2.75, 3.05) is 19.4 Å². The van der Waals surface area contributed by atoms with Gasteiger partial charge in [0, 0.05) is 23.6 Å². The first kappa shape index (κ1) is 34.2. The van der Waals surface area contributed by atoms with Crippen molar-refractivity contribution in [1.82, 2.24) is 4.90 Å². The second-order valence-corrected chi connectivity index (χ2v) is 13.8. The van der Waals surface area contributed by atoms with Crippen molar-refractivity contribution in [3.8, 4) is 5.75 Å². The number of primary amides is 1. The van der Waals surface area contributed by atoms with Crippen molar-refractivity contribution in [3.05, 3.63) is 93.4 Å². The number of phenolic OH excluding ortho intramolecular Hbond substituents is 1. The van der Waals surface area contributed by atoms with E-state index in [9.17, 15) is 39.9 Å². The molecule has 6 atom stereocenters. The van der Waals surface area contributed by atoms with E-state index in [1.165, 1.54) is 24.6 Å². The van der Waals surface area contributed by atoms with Crippen LogP contribution in [0.5, 0.6) is 5.75 Å². The van der Waals surface area contributed by atoms with E-state index in [4.69, 9.17) is 5.73 Å². The van der Waals surface area contributed by atoms with E-state index < -0.39 is 75.6 Å². The number of aliphatic hydroxyl groups is 4. The summed E-state index contributed by atoms with van der Waals surface area (Å²) in [6.45, 7) is 6.07. The van der Waals surface area contributed by atoms with Gasteiger partial charge in [0.15, 0.2) is 11.4 Å². The number of benzene rings is 2. The summed E-state index contributed by atoms with van der Waals surface area (Å²) in [7, 11) is 2.94. The molecule has 0 bridgehead atoms. The van der Waals surface area contributed by atoms with E-state index in [0.717, 1.165) is 29.7 Å². The van der Waals surface area contributed by atoms with Crippen LogP contribution in [0.15, 0.2) is 71.2 Å². The van der Waals surface area contributed by atoms with Gasteiger partial charge in [0.2, 0.25) is 5.78 Å². The number of nitrogens with zero attached hydrogens (tertiary/aromatic N) is 1. The van der Waals surface area contributed by atoms with Crippen molar-refractivity contribution in [1.29, 1.82) is 0 Å². The molecular formula is C38H43N3O8. The van der Waals surface area contributed by atoms with Crippen LogP contribution in [0.4, 0.5) is 5.69 Å². The number of allylic oxidation sites excluding steroid dienone is 3. The van der Waals surface area contributed by atoms with Gasteiger partial charge in [0.1, 0.15) is 22.8 Å². The van der Waals surface area contributed by atoms with Gasteiger partial charge in [-0.25, -0.2) is 0 Å². The van der Waals surface area contributed by atoms with Gasteiger partial charge in [-0.3, -0.25) is 19.3 Å². The standard InChI is InChI=1S/C38H43N3O8/c1-6-18(7-2)19-8-10-20(11-9-19)21-12-13-22(16-21)40-24-15-14-23-17(3)25-27(32(43)26(23)31(24)42)35(46)38(49)29(33(25)44)30(41(4)5)34(45)28(36(38)47)37(39)48/h8-12,14-18,25,29-30,33,40,42-44,47,49H,6-7,13H2,1-5H3,(H2,39,48)/t17-,25+,29+,30-,33-,38-/m0/s1. The zero-order valence-electron chi connectivity index (χ0n) is 28.2. The molecule has 11 heteroatoms. The molecule has 0 radical (unpaired) electrons. The molecule has 6 rings (SSSR count). The first-order chi connectivity index (χ1) is 23.2. The maximum atomic E-state index is 14.3. The minimum Gasteiger partial charge on any atom is -0.508 e. The van der Waals surface area contributed by atoms with Crippen LogP contribution in [-0.4, -0.2) is 79.7 Å². The number of aromatic hydroxyl groups is 1. The molecule has 258 valence electrons. The molecule has 8 N–H and O–H groups in total. The Bertz CT molecular complexity index is 1880. The molecule has 1 fully saturated rings. The molecule has 49 heavy (non-hydrogen) atoms. The summed E-state index contributed by atoms with van der Waals surface area (Å²) in [6, 6.07) is 10.5. The SMILES string of the molecule is CCC(CC)c1ccc(C2=CCC(Nc3ccc4c(c3O)C(O)=C3C(=O)[C@]5(O)C(O)=C(C(N)=O)C(=O)[C@@H](N(C)C)[C@@H]5[C@@H](O)[C@@H]3[C@H]4C)=C2)cc1. The average Bonchev–Trinajstić information content (AvgIpc) is 3.53. The fourth-order valence-corrected chi connectivity index (χ4v) is 8.41. The molecule has 0 aliphatic heterocycles. The molecule has 2 aromatic rings. The zero-order chi connectivity index (χ0) is 35.7. The van der Waals surface area contributed by atoms with E-state index >= 15 is 0 Å². The number of nitrogens with two attached hydrogens (primary N) is 1. The molecule has 11 nitrogen and oxygen atoms in total. The number of ketones is 2. The Labute approximate surface area is 284 Å². The Morgan fingerprint density at radius 3 is 2.31 bits per heavy atom. The summed E-state index contributed by atoms with van der Waals surface area (Å²) in [5.41, 5.74) is 5.87. The van der Waals surface area contributed by atoms with Crippen molar-refractivity contribution < 1.29 is 39.9 Å². The first-order valence-corrected chi connectivity index (χ1v) is 16.7. The van der Waals surface area contributed by atoms with E-state index in [1.807, 2.05) is 6.08 Å². The highest BCUT2D eigenvalue weighted by atomic mass is 16.4. The number of nitrogens with one attached hydrogen (secondary N) is 1. The molecule has 4 aliphatic rings. The lowest BCUT2D eigenvalue weighted by molar-refractivity contribution is -0.169. The Kier molecular flexibility index (Phi) is 8.59. The van der Waals surface area contributed by atoms with Crippen molar-refractivity contribution in [2.24, 2.45) is 17.6 Å². The summed E-state index contributed by atoms with van der Waals surface area (Å²) < 4.78 is 0. The highest BCUT2D eigenvalue weighted by molar-refractivity contribution is 6.24. The van der Waals surface area contributed by atoms with Gasteiger partial charge in [0.05, 0.1) is 29.3 Å². The number of hydrogen-bond acceptors (Lipinski definition) is 10. The third-order valence-corrected chi connectivity index (χ3v) is 11.0. The predicted octanol–water partition coefficient (Wildman–Crippen LogP) is 4.18. The van der Waals surface area contributed by atoms with Crippen molar-refractivity contribution in [3.63, 3.8) is 0 Å². The van der Waals surface area contributed by atoms with Gasteiger partial charge in [-0.2, -0.15) is 0 Å². The van der Waals surface area contributed by atoms with Gasteiger partial charge < -0.3 is 36.6 Å². The number of aliphatic hydroxyl groups excluding tert-OH is 3. The van der Waals surface area contributed by atoms with E-state index in [1.54, 1.807) is 19.1 Å². The number of rotatable bonds is 8. The van der Waals surface area contributed by atoms with Crippen molar-refractivity contribution >= 4 is 34.5 Å². The van der Waals surface area contributed by atoms with E-state index in [2.05, 4.69) is 49.5 Å². The topological polar surface area (TPSA) is 194 Å². The Balaban J connectivity index is 1.37. The average molecular weight is 670 g/mol. The van der Waals surface area contributed by atoms with Gasteiger partial charge >= 0.3 is 0 Å². The molecule has 0 saturated heterocycles. The fourth-order valence-electron chi connectivity index (χ4n) is 8.41. The van der Waals surface area contributed by atoms with Crippen LogP contribution in [-0.2, 0) is 14.4 Å². The second-order valence-electron chi connectivity index (χ2n) is 13.8. The molecule has 1 saturated carbocycles. The second kappa shape index (κ2) is 12.3. The fraction of sp³-hybridized carbons (Fsp3) is 0.395. The number of anilines is 1. The minimum atomic E-state index is -2.96. The summed E-state index contributed by atoms with van der Waals surface area (Å²) in [5.74, 6) is -8.68. The quantitative estimate of drug-likeness (QED) is 0.158. The third kappa shape index (κ3) is 5.02. The lowest BCUT2D eigenvalue weighted by Gasteiger charge is -2.53. The molecule has 0 spiro atoms. The molecule has 0 heterocycles. The third-order valence-electron chi connectivity index (χ3n) is 11.0. The minimum absolute atomic E-state index is 0.0650. The number of hydrogen-bond donors (Lipinski definition) is 7. The van der Waals surface area contributed by atoms with Crippen LogP contribution in [0.25, 0.3) is 11.3 Å². The lowest BCUT2D eigenvalue weighted by Crippen LogP contribution is -2.70. The highest BCUT2D eigenvalue weighted by Crippen LogP contribution is 2.56. The number of carbonyl (C=O) groups is 3. The molecular weight excluding hydrogens is 626 g/mol. The largest absolute Gasteiger partial charge is 0.508 e. The maximum absolute atomic E-state index is 14.3. The van der Waals surface area contributed by atoms with Gasteiger partial charge in [-0.15, -0.1) is 0 Å². The Morgan fingerprint density at radius 1 is 1.06 bits per heavy atom. The number of amides is 1. The van der Waals surface area contributed by atoms with Crippen LogP contribution in [0.1, 0.15) is 74.1 Å². The summed E-state index contributed by atoms with van der Waals surface area (Å²) in [4.78, 5) is 41.2. The number of Topliss-reactive ketones (excluding diaryl/α,β-unsaturated/α-hetero) is 2. The molecule has 0 aromatic heterocycles. The summed E-state index contributed by atoms with van der Waals surface area (Å²) >= 11 is 0. The number of carbonyl (C=O) groups excluding carboxylic acids is 3. The number of fused-ring (bicyclic) bond motifs is 3. The maximum Gasteiger partial charge on any atom is 0.255 e. The lowest BCUT2D eigenvalue weighted by atomic mass is 9.54. The van der Waals surface area contributed by atoms with Crippen LogP contribution < -0.4 is 11.1 Å². The van der Waals surface area contributed by atoms with Crippen LogP contribution in [0.2, 0.25) is 0 Å². The highest BCUT2D eigenvalue weighted by Gasteiger charge is 2.68. The molecule has 0 unspecified atom stereocenters. The van der Waals surface area contributed by atoms with E-state index in [0.29, 0.717) is 17.9 Å². The van der Waals surface area contributed by atoms with Crippen LogP contribution in [0.3, 0.4) is 0 Å². The molecule has 4 aliphatic carbocycles. The zero-order valence-corrected chi connectivity index (χ0v) is 28.2. The number of likely N-dealkylation sites (N-methyl/N-ethyl adjacent to an activating group) is 1. The molecule has 1 amide bonds. The van der Waals surface area contributed by atoms with Gasteiger partial charge in [-0.1, -0.05) is 57.2 Å². The summed E-state index contributed by atoms with van der Waals surface area (Å²) in [6.07, 6.45) is 5.12. The number of phenols is 1. The normalized spacial score (nSPS) is 28.0. The van der Waals surface area contributed by atoms with Crippen molar-refractivity contribution in [2.45, 2.75) is 69.6 Å². The van der Waals surface area contributed by atoms with Crippen LogP contribution >= 0.6 is 0 Å². The predicted molar refractivity (Wildman–Crippen MR) is 184 cm³/mol.